The van der Waals surface area contributed by atoms with Crippen molar-refractivity contribution in [3.63, 3.8) is 0 Å². The predicted molar refractivity (Wildman–Crippen MR) is 127 cm³/mol. The van der Waals surface area contributed by atoms with Crippen molar-refractivity contribution in [3.05, 3.63) is 94.6 Å². The smallest absolute Gasteiger partial charge is 0.262 e. The van der Waals surface area contributed by atoms with Crippen LogP contribution in [0, 0.1) is 36.5 Å². The van der Waals surface area contributed by atoms with Crippen molar-refractivity contribution in [2.75, 3.05) is 10.0 Å². The number of carbonyl (C=O) groups excluding carboxylic acids is 1. The number of nitrogens with one attached hydrogen (secondary N) is 2. The first-order valence-electron chi connectivity index (χ1n) is 9.86. The minimum Gasteiger partial charge on any atom is -0.322 e. The van der Waals surface area contributed by atoms with E-state index in [1.807, 2.05) is 13.0 Å². The number of allylic oxidation sites excluding steroid dienone is 1. The number of benzene rings is 3. The number of sulfonamides is 1. The van der Waals surface area contributed by atoms with E-state index in [1.54, 1.807) is 67.6 Å². The van der Waals surface area contributed by atoms with E-state index < -0.39 is 15.9 Å². The van der Waals surface area contributed by atoms with Gasteiger partial charge in [-0.25, -0.2) is 8.42 Å². The molecule has 3 aromatic rings. The zero-order valence-corrected chi connectivity index (χ0v) is 18.8. The SMILES string of the molecule is Cc1ccc(C)c(S(=O)(=O)Nc2ccccc2C(=O)Nc2ccc(C=C(C#N)C#N)cc2)c1. The molecule has 33 heavy (non-hydrogen) atoms. The Morgan fingerprint density at radius 3 is 2.27 bits per heavy atom. The Labute approximate surface area is 192 Å². The van der Waals surface area contributed by atoms with Crippen molar-refractivity contribution in [2.45, 2.75) is 18.7 Å². The molecular formula is C25H20N4O3S. The van der Waals surface area contributed by atoms with Gasteiger partial charge in [-0.05, 0) is 66.9 Å². The van der Waals surface area contributed by atoms with Gasteiger partial charge in [-0.15, -0.1) is 0 Å². The molecule has 0 saturated carbocycles. The summed E-state index contributed by atoms with van der Waals surface area (Å²) in [6, 6.07) is 21.6. The van der Waals surface area contributed by atoms with E-state index in [9.17, 15) is 13.2 Å². The zero-order chi connectivity index (χ0) is 24.0. The van der Waals surface area contributed by atoms with Gasteiger partial charge in [0.05, 0.1) is 16.1 Å². The highest BCUT2D eigenvalue weighted by Gasteiger charge is 2.20. The van der Waals surface area contributed by atoms with Crippen LogP contribution in [0.5, 0.6) is 0 Å². The highest BCUT2D eigenvalue weighted by Crippen LogP contribution is 2.24. The number of hydrogen-bond acceptors (Lipinski definition) is 5. The Morgan fingerprint density at radius 2 is 1.61 bits per heavy atom. The second kappa shape index (κ2) is 9.82. The third-order valence-corrected chi connectivity index (χ3v) is 6.28. The number of hydrogen-bond donors (Lipinski definition) is 2. The van der Waals surface area contributed by atoms with Gasteiger partial charge in [0.1, 0.15) is 17.7 Å². The Kier molecular flexibility index (Phi) is 6.92. The van der Waals surface area contributed by atoms with Crippen molar-refractivity contribution >= 4 is 33.4 Å². The molecule has 0 atom stereocenters. The molecule has 0 aliphatic rings. The summed E-state index contributed by atoms with van der Waals surface area (Å²) in [5, 5.41) is 20.4. The molecule has 0 radical (unpaired) electrons. The summed E-state index contributed by atoms with van der Waals surface area (Å²) in [5.41, 5.74) is 2.79. The number of nitrogens with zero attached hydrogens (tertiary/aromatic N) is 2. The molecule has 0 saturated heterocycles. The lowest BCUT2D eigenvalue weighted by Crippen LogP contribution is -2.19. The van der Waals surface area contributed by atoms with E-state index >= 15 is 0 Å². The maximum Gasteiger partial charge on any atom is 0.262 e. The van der Waals surface area contributed by atoms with Crippen LogP contribution in [0.4, 0.5) is 11.4 Å². The molecule has 7 nitrogen and oxygen atoms in total. The quantitative estimate of drug-likeness (QED) is 0.516. The molecule has 0 aliphatic carbocycles. The van der Waals surface area contributed by atoms with Crippen LogP contribution < -0.4 is 10.0 Å². The Hall–Kier alpha value is -4.40. The van der Waals surface area contributed by atoms with Crippen molar-refractivity contribution in [3.8, 4) is 12.1 Å². The second-order valence-corrected chi connectivity index (χ2v) is 8.93. The van der Waals surface area contributed by atoms with E-state index in [2.05, 4.69) is 10.0 Å². The maximum atomic E-state index is 13.0. The lowest BCUT2D eigenvalue weighted by molar-refractivity contribution is 0.102. The molecule has 0 heterocycles. The molecule has 3 aromatic carbocycles. The molecule has 1 amide bonds. The third-order valence-electron chi connectivity index (χ3n) is 4.77. The van der Waals surface area contributed by atoms with Crippen molar-refractivity contribution in [2.24, 2.45) is 0 Å². The fourth-order valence-corrected chi connectivity index (χ4v) is 4.49. The van der Waals surface area contributed by atoms with Crippen LogP contribution in [-0.4, -0.2) is 14.3 Å². The summed E-state index contributed by atoms with van der Waals surface area (Å²) in [7, 11) is -3.91. The number of amides is 1. The van der Waals surface area contributed by atoms with E-state index in [-0.39, 0.29) is 21.7 Å². The standard InChI is InChI=1S/C25H20N4O3S/c1-17-7-8-18(2)24(13-17)33(31,32)29-23-6-4-3-5-22(23)25(30)28-21-11-9-19(10-12-21)14-20(15-26)16-27/h3-14,29H,1-2H3,(H,28,30). The van der Waals surface area contributed by atoms with E-state index in [1.165, 1.54) is 18.2 Å². The summed E-state index contributed by atoms with van der Waals surface area (Å²) < 4.78 is 28.5. The van der Waals surface area contributed by atoms with Gasteiger partial charge in [0.25, 0.3) is 15.9 Å². The second-order valence-electron chi connectivity index (χ2n) is 7.28. The first kappa shape index (κ1) is 23.3. The average molecular weight is 457 g/mol. The number of rotatable bonds is 6. The molecule has 0 bridgehead atoms. The molecular weight excluding hydrogens is 436 g/mol. The minimum absolute atomic E-state index is 0.0307. The highest BCUT2D eigenvalue weighted by atomic mass is 32.2. The first-order chi connectivity index (χ1) is 15.7. The maximum absolute atomic E-state index is 13.0. The van der Waals surface area contributed by atoms with Crippen LogP contribution in [0.15, 0.2) is 77.2 Å². The lowest BCUT2D eigenvalue weighted by Gasteiger charge is -2.14. The predicted octanol–water partition coefficient (Wildman–Crippen LogP) is 4.79. The van der Waals surface area contributed by atoms with Gasteiger partial charge in [-0.1, -0.05) is 36.4 Å². The molecule has 164 valence electrons. The van der Waals surface area contributed by atoms with Gasteiger partial charge in [-0.2, -0.15) is 10.5 Å². The topological polar surface area (TPSA) is 123 Å². The van der Waals surface area contributed by atoms with E-state index in [0.717, 1.165) is 5.56 Å². The summed E-state index contributed by atoms with van der Waals surface area (Å²) in [4.78, 5) is 13.0. The first-order valence-corrected chi connectivity index (χ1v) is 11.3. The normalized spacial score (nSPS) is 10.4. The number of nitriles is 2. The van der Waals surface area contributed by atoms with Gasteiger partial charge >= 0.3 is 0 Å². The monoisotopic (exact) mass is 456 g/mol. The number of carbonyl (C=O) groups is 1. The molecule has 2 N–H and O–H groups in total. The van der Waals surface area contributed by atoms with Crippen molar-refractivity contribution < 1.29 is 13.2 Å². The fourth-order valence-electron chi connectivity index (χ4n) is 3.08. The summed E-state index contributed by atoms with van der Waals surface area (Å²) in [6.45, 7) is 3.52. The molecule has 0 unspecified atom stereocenters. The number of anilines is 2. The Morgan fingerprint density at radius 1 is 0.939 bits per heavy atom. The molecule has 0 fully saturated rings. The molecule has 0 aliphatic heterocycles. The fraction of sp³-hybridized carbons (Fsp3) is 0.0800. The van der Waals surface area contributed by atoms with E-state index in [0.29, 0.717) is 16.8 Å². The third kappa shape index (κ3) is 5.65. The van der Waals surface area contributed by atoms with Crippen molar-refractivity contribution in [1.82, 2.24) is 0 Å². The van der Waals surface area contributed by atoms with Gasteiger partial charge in [-0.3, -0.25) is 9.52 Å². The summed E-state index contributed by atoms with van der Waals surface area (Å²) >= 11 is 0. The number of para-hydroxylation sites is 1. The highest BCUT2D eigenvalue weighted by molar-refractivity contribution is 7.92. The Bertz CT molecular complexity index is 1410. The van der Waals surface area contributed by atoms with Crippen LogP contribution in [-0.2, 0) is 10.0 Å². The largest absolute Gasteiger partial charge is 0.322 e. The lowest BCUT2D eigenvalue weighted by atomic mass is 10.1. The van der Waals surface area contributed by atoms with Crippen LogP contribution in [0.3, 0.4) is 0 Å². The van der Waals surface area contributed by atoms with Crippen LogP contribution in [0.1, 0.15) is 27.0 Å². The van der Waals surface area contributed by atoms with Gasteiger partial charge in [0.15, 0.2) is 0 Å². The van der Waals surface area contributed by atoms with Gasteiger partial charge in [0.2, 0.25) is 0 Å². The zero-order valence-electron chi connectivity index (χ0n) is 18.0. The minimum atomic E-state index is -3.91. The summed E-state index contributed by atoms with van der Waals surface area (Å²) in [6.07, 6.45) is 1.43. The van der Waals surface area contributed by atoms with Crippen LogP contribution in [0.25, 0.3) is 6.08 Å². The van der Waals surface area contributed by atoms with Crippen molar-refractivity contribution in [1.29, 1.82) is 10.5 Å². The van der Waals surface area contributed by atoms with Crippen LogP contribution in [0.2, 0.25) is 0 Å². The average Bonchev–Trinajstić information content (AvgIpc) is 2.80. The molecule has 0 spiro atoms. The Balaban J connectivity index is 1.84. The van der Waals surface area contributed by atoms with Crippen LogP contribution >= 0.6 is 0 Å². The van der Waals surface area contributed by atoms with E-state index in [4.69, 9.17) is 10.5 Å². The molecule has 0 aromatic heterocycles. The molecule has 3 rings (SSSR count). The van der Waals surface area contributed by atoms with Gasteiger partial charge < -0.3 is 5.32 Å². The summed E-state index contributed by atoms with van der Waals surface area (Å²) in [5.74, 6) is -0.493. The molecule has 8 heteroatoms. The number of aryl methyl sites for hydroxylation is 2. The van der Waals surface area contributed by atoms with Gasteiger partial charge in [0, 0.05) is 5.69 Å².